The van der Waals surface area contributed by atoms with E-state index >= 15 is 0 Å². The van der Waals surface area contributed by atoms with Gasteiger partial charge in [0.2, 0.25) is 0 Å². The standard InChI is InChI=1S/C19H27N5/c1-15-21-19-10-7-17(14-24(19)22-15)20-13-16-5-8-18(9-6-16)23-11-3-2-4-12-23/h5-6,8-9,17,20H,2-4,7,10-14H2,1H3/t17-/m0/s1. The van der Waals surface area contributed by atoms with E-state index in [0.717, 1.165) is 37.6 Å². The molecule has 5 nitrogen and oxygen atoms in total. The van der Waals surface area contributed by atoms with E-state index in [2.05, 4.69) is 49.2 Å². The number of hydrogen-bond acceptors (Lipinski definition) is 4. The summed E-state index contributed by atoms with van der Waals surface area (Å²) in [5, 5.41) is 8.16. The topological polar surface area (TPSA) is 46.0 Å². The van der Waals surface area contributed by atoms with Crippen molar-refractivity contribution in [3.8, 4) is 0 Å². The molecule has 1 atom stereocenters. The average molecular weight is 325 g/mol. The molecule has 1 aromatic heterocycles. The van der Waals surface area contributed by atoms with Crippen molar-refractivity contribution in [2.45, 2.75) is 58.2 Å². The Hall–Kier alpha value is -1.88. The smallest absolute Gasteiger partial charge is 0.147 e. The van der Waals surface area contributed by atoms with Gasteiger partial charge in [0.1, 0.15) is 11.6 Å². The summed E-state index contributed by atoms with van der Waals surface area (Å²) in [6, 6.07) is 9.58. The lowest BCUT2D eigenvalue weighted by molar-refractivity contribution is 0.357. The maximum absolute atomic E-state index is 4.48. The van der Waals surface area contributed by atoms with E-state index in [1.54, 1.807) is 0 Å². The maximum Gasteiger partial charge on any atom is 0.147 e. The van der Waals surface area contributed by atoms with Crippen LogP contribution in [0.15, 0.2) is 24.3 Å². The fourth-order valence-corrected chi connectivity index (χ4v) is 3.84. The maximum atomic E-state index is 4.48. The zero-order valence-electron chi connectivity index (χ0n) is 14.5. The molecule has 0 spiro atoms. The van der Waals surface area contributed by atoms with E-state index in [9.17, 15) is 0 Å². The first-order valence-corrected chi connectivity index (χ1v) is 9.25. The van der Waals surface area contributed by atoms with Gasteiger partial charge in [-0.2, -0.15) is 5.10 Å². The molecule has 2 aliphatic rings. The normalized spacial score (nSPS) is 20.9. The summed E-state index contributed by atoms with van der Waals surface area (Å²) in [4.78, 5) is 6.99. The number of piperidine rings is 1. The molecule has 1 fully saturated rings. The van der Waals surface area contributed by atoms with Gasteiger partial charge in [-0.3, -0.25) is 0 Å². The van der Waals surface area contributed by atoms with Crippen LogP contribution in [0.1, 0.15) is 42.9 Å². The highest BCUT2D eigenvalue weighted by atomic mass is 15.4. The Morgan fingerprint density at radius 2 is 1.92 bits per heavy atom. The van der Waals surface area contributed by atoms with Crippen LogP contribution >= 0.6 is 0 Å². The summed E-state index contributed by atoms with van der Waals surface area (Å²) in [6.07, 6.45) is 6.20. The Labute approximate surface area is 144 Å². The van der Waals surface area contributed by atoms with Crippen molar-refractivity contribution in [1.82, 2.24) is 20.1 Å². The molecule has 4 rings (SSSR count). The second-order valence-electron chi connectivity index (χ2n) is 7.09. The van der Waals surface area contributed by atoms with Gasteiger partial charge in [0.05, 0.1) is 6.54 Å². The molecule has 1 N–H and O–H groups in total. The molecule has 0 aliphatic carbocycles. The minimum atomic E-state index is 0.486. The van der Waals surface area contributed by atoms with Crippen molar-refractivity contribution >= 4 is 5.69 Å². The number of aromatic nitrogens is 3. The molecule has 0 unspecified atom stereocenters. The summed E-state index contributed by atoms with van der Waals surface area (Å²) in [6.45, 7) is 6.24. The van der Waals surface area contributed by atoms with Gasteiger partial charge in [-0.25, -0.2) is 9.67 Å². The molecule has 5 heteroatoms. The number of nitrogens with one attached hydrogen (secondary N) is 1. The van der Waals surface area contributed by atoms with Gasteiger partial charge in [0, 0.05) is 37.8 Å². The Morgan fingerprint density at radius 3 is 2.71 bits per heavy atom. The zero-order chi connectivity index (χ0) is 16.4. The Bertz CT molecular complexity index is 670. The molecule has 2 aromatic rings. The summed E-state index contributed by atoms with van der Waals surface area (Å²) in [5.41, 5.74) is 2.73. The molecule has 0 saturated carbocycles. The minimum absolute atomic E-state index is 0.486. The molecule has 2 aliphatic heterocycles. The van der Waals surface area contributed by atoms with Crippen molar-refractivity contribution in [2.24, 2.45) is 0 Å². The van der Waals surface area contributed by atoms with Crippen LogP contribution in [0, 0.1) is 6.92 Å². The van der Waals surface area contributed by atoms with Crippen molar-refractivity contribution in [2.75, 3.05) is 18.0 Å². The number of aryl methyl sites for hydroxylation is 2. The number of nitrogens with zero attached hydrogens (tertiary/aromatic N) is 4. The van der Waals surface area contributed by atoms with Gasteiger partial charge in [-0.1, -0.05) is 12.1 Å². The highest BCUT2D eigenvalue weighted by molar-refractivity contribution is 5.47. The number of anilines is 1. The lowest BCUT2D eigenvalue weighted by Gasteiger charge is -2.29. The molecule has 0 amide bonds. The Kier molecular flexibility index (Phi) is 4.52. The first kappa shape index (κ1) is 15.6. The summed E-state index contributed by atoms with van der Waals surface area (Å²) in [7, 11) is 0. The van der Waals surface area contributed by atoms with Crippen LogP contribution in [0.4, 0.5) is 5.69 Å². The largest absolute Gasteiger partial charge is 0.372 e. The predicted molar refractivity (Wildman–Crippen MR) is 96.2 cm³/mol. The predicted octanol–water partition coefficient (Wildman–Crippen LogP) is 2.68. The first-order valence-electron chi connectivity index (χ1n) is 9.25. The second-order valence-corrected chi connectivity index (χ2v) is 7.09. The summed E-state index contributed by atoms with van der Waals surface area (Å²) < 4.78 is 2.07. The van der Waals surface area contributed by atoms with Crippen LogP contribution in [0.25, 0.3) is 0 Å². The van der Waals surface area contributed by atoms with Gasteiger partial charge < -0.3 is 10.2 Å². The lowest BCUT2D eigenvalue weighted by Crippen LogP contribution is -2.37. The Balaban J connectivity index is 1.31. The van der Waals surface area contributed by atoms with E-state index in [1.165, 1.54) is 43.6 Å². The van der Waals surface area contributed by atoms with Crippen LogP contribution < -0.4 is 10.2 Å². The van der Waals surface area contributed by atoms with Gasteiger partial charge in [0.15, 0.2) is 0 Å². The van der Waals surface area contributed by atoms with Crippen LogP contribution in [-0.2, 0) is 19.5 Å². The monoisotopic (exact) mass is 325 g/mol. The van der Waals surface area contributed by atoms with E-state index in [1.807, 2.05) is 6.92 Å². The number of benzene rings is 1. The van der Waals surface area contributed by atoms with Crippen molar-refractivity contribution in [1.29, 1.82) is 0 Å². The second kappa shape index (κ2) is 6.93. The van der Waals surface area contributed by atoms with Crippen LogP contribution in [0.3, 0.4) is 0 Å². The van der Waals surface area contributed by atoms with Gasteiger partial charge in [0.25, 0.3) is 0 Å². The zero-order valence-corrected chi connectivity index (χ0v) is 14.5. The fraction of sp³-hybridized carbons (Fsp3) is 0.579. The van der Waals surface area contributed by atoms with Crippen molar-refractivity contribution in [3.63, 3.8) is 0 Å². The summed E-state index contributed by atoms with van der Waals surface area (Å²) in [5.74, 6) is 2.02. The van der Waals surface area contributed by atoms with Crippen molar-refractivity contribution in [3.05, 3.63) is 41.5 Å². The van der Waals surface area contributed by atoms with Gasteiger partial charge >= 0.3 is 0 Å². The molecule has 3 heterocycles. The molecule has 1 aromatic carbocycles. The summed E-state index contributed by atoms with van der Waals surface area (Å²) >= 11 is 0. The quantitative estimate of drug-likeness (QED) is 0.939. The number of rotatable bonds is 4. The molecule has 128 valence electrons. The molecule has 0 bridgehead atoms. The Morgan fingerprint density at radius 1 is 1.12 bits per heavy atom. The molecular formula is C19H27N5. The SMILES string of the molecule is Cc1nc2n(n1)C[C@@H](NCc1ccc(N3CCCCC3)cc1)CC2. The number of hydrogen-bond donors (Lipinski definition) is 1. The first-order chi connectivity index (χ1) is 11.8. The molecule has 0 radical (unpaired) electrons. The van der Waals surface area contributed by atoms with Crippen LogP contribution in [0.2, 0.25) is 0 Å². The van der Waals surface area contributed by atoms with Crippen molar-refractivity contribution < 1.29 is 0 Å². The van der Waals surface area contributed by atoms with Gasteiger partial charge in [-0.05, 0) is 50.3 Å². The highest BCUT2D eigenvalue weighted by Crippen LogP contribution is 2.20. The average Bonchev–Trinajstić information content (AvgIpc) is 3.00. The molecular weight excluding hydrogens is 298 g/mol. The van der Waals surface area contributed by atoms with E-state index in [-0.39, 0.29) is 0 Å². The lowest BCUT2D eigenvalue weighted by atomic mass is 10.1. The van der Waals surface area contributed by atoms with Crippen LogP contribution in [0.5, 0.6) is 0 Å². The highest BCUT2D eigenvalue weighted by Gasteiger charge is 2.20. The third-order valence-electron chi connectivity index (χ3n) is 5.22. The minimum Gasteiger partial charge on any atom is -0.372 e. The molecule has 1 saturated heterocycles. The third-order valence-corrected chi connectivity index (χ3v) is 5.22. The third kappa shape index (κ3) is 3.46. The fourth-order valence-electron chi connectivity index (χ4n) is 3.84. The van der Waals surface area contributed by atoms with E-state index in [0.29, 0.717) is 6.04 Å². The van der Waals surface area contributed by atoms with E-state index in [4.69, 9.17) is 0 Å². The molecule has 24 heavy (non-hydrogen) atoms. The van der Waals surface area contributed by atoms with Crippen LogP contribution in [-0.4, -0.2) is 33.9 Å². The number of fused-ring (bicyclic) bond motifs is 1. The van der Waals surface area contributed by atoms with Gasteiger partial charge in [-0.15, -0.1) is 0 Å². The van der Waals surface area contributed by atoms with E-state index < -0.39 is 0 Å².